The molecule has 0 bridgehead atoms. The van der Waals surface area contributed by atoms with Crippen LogP contribution in [0, 0.1) is 0 Å². The second-order valence-electron chi connectivity index (χ2n) is 5.63. The number of carboxylic acids is 1. The highest BCUT2D eigenvalue weighted by Gasteiger charge is 2.39. The third kappa shape index (κ3) is 3.59. The van der Waals surface area contributed by atoms with Gasteiger partial charge >= 0.3 is 5.97 Å². The van der Waals surface area contributed by atoms with E-state index in [2.05, 4.69) is 5.32 Å². The molecule has 1 saturated heterocycles. The number of rotatable bonds is 5. The van der Waals surface area contributed by atoms with Gasteiger partial charge in [0, 0.05) is 6.54 Å². The summed E-state index contributed by atoms with van der Waals surface area (Å²) < 4.78 is 5.70. The zero-order valence-corrected chi connectivity index (χ0v) is 12.6. The summed E-state index contributed by atoms with van der Waals surface area (Å²) in [4.78, 5) is 11.0. The van der Waals surface area contributed by atoms with Crippen molar-refractivity contribution < 1.29 is 19.7 Å². The van der Waals surface area contributed by atoms with Crippen molar-refractivity contribution in [3.8, 4) is 11.1 Å². The van der Waals surface area contributed by atoms with Crippen LogP contribution >= 0.6 is 0 Å². The maximum Gasteiger partial charge on any atom is 0.323 e. The lowest BCUT2D eigenvalue weighted by molar-refractivity contribution is -0.142. The highest BCUT2D eigenvalue weighted by molar-refractivity contribution is 5.75. The van der Waals surface area contributed by atoms with Crippen LogP contribution in [0.2, 0.25) is 0 Å². The number of aliphatic hydroxyl groups excluding tert-OH is 1. The lowest BCUT2D eigenvalue weighted by Gasteiger charge is -2.17. The van der Waals surface area contributed by atoms with Crippen molar-refractivity contribution in [3.63, 3.8) is 0 Å². The van der Waals surface area contributed by atoms with Gasteiger partial charge in [0.25, 0.3) is 0 Å². The summed E-state index contributed by atoms with van der Waals surface area (Å²) in [5.74, 6) is -1.06. The quantitative estimate of drug-likeness (QED) is 0.782. The van der Waals surface area contributed by atoms with Crippen LogP contribution in [0.3, 0.4) is 0 Å². The van der Waals surface area contributed by atoms with Crippen LogP contribution in [0.4, 0.5) is 0 Å². The number of nitrogens with one attached hydrogen (secondary N) is 1. The first kappa shape index (κ1) is 15.7. The molecule has 3 atom stereocenters. The van der Waals surface area contributed by atoms with Crippen molar-refractivity contribution >= 4 is 5.97 Å². The molecule has 2 unspecified atom stereocenters. The first-order valence-electron chi connectivity index (χ1n) is 7.55. The van der Waals surface area contributed by atoms with Gasteiger partial charge in [0.1, 0.15) is 12.1 Å². The average Bonchev–Trinajstić information content (AvgIpc) is 2.95. The van der Waals surface area contributed by atoms with Crippen molar-refractivity contribution in [1.82, 2.24) is 5.32 Å². The summed E-state index contributed by atoms with van der Waals surface area (Å²) in [7, 11) is 0. The second-order valence-corrected chi connectivity index (χ2v) is 5.63. The third-order valence-electron chi connectivity index (χ3n) is 4.03. The molecule has 0 amide bonds. The van der Waals surface area contributed by atoms with E-state index < -0.39 is 24.2 Å². The van der Waals surface area contributed by atoms with Gasteiger partial charge in [-0.05, 0) is 22.8 Å². The molecule has 3 N–H and O–H groups in total. The van der Waals surface area contributed by atoms with Crippen LogP contribution in [0.25, 0.3) is 11.1 Å². The number of aliphatic hydroxyl groups is 1. The van der Waals surface area contributed by atoms with E-state index in [0.29, 0.717) is 13.2 Å². The summed E-state index contributed by atoms with van der Waals surface area (Å²) in [6.45, 7) is 0.660. The molecule has 1 aliphatic rings. The lowest BCUT2D eigenvalue weighted by Crippen LogP contribution is -2.40. The van der Waals surface area contributed by atoms with E-state index in [9.17, 15) is 9.90 Å². The van der Waals surface area contributed by atoms with Crippen LogP contribution in [0.5, 0.6) is 0 Å². The first-order chi connectivity index (χ1) is 11.1. The van der Waals surface area contributed by atoms with Gasteiger partial charge in [0.15, 0.2) is 0 Å². The molecule has 0 radical (unpaired) electrons. The second kappa shape index (κ2) is 6.91. The molecule has 5 nitrogen and oxygen atoms in total. The Morgan fingerprint density at radius 2 is 1.87 bits per heavy atom. The van der Waals surface area contributed by atoms with Crippen molar-refractivity contribution in [2.24, 2.45) is 0 Å². The molecule has 2 aromatic carbocycles. The summed E-state index contributed by atoms with van der Waals surface area (Å²) in [6, 6.07) is 17.1. The maximum absolute atomic E-state index is 11.0. The molecule has 0 aliphatic carbocycles. The normalized spacial score (nSPS) is 23.8. The number of ether oxygens (including phenoxy) is 1. The number of aliphatic carboxylic acids is 1. The molecule has 0 saturated carbocycles. The number of carboxylic acid groups (broad SMARTS) is 1. The van der Waals surface area contributed by atoms with Gasteiger partial charge in [0.2, 0.25) is 0 Å². The van der Waals surface area contributed by atoms with Crippen molar-refractivity contribution in [1.29, 1.82) is 0 Å². The van der Waals surface area contributed by atoms with Gasteiger partial charge in [-0.1, -0.05) is 48.5 Å². The minimum Gasteiger partial charge on any atom is -0.480 e. The van der Waals surface area contributed by atoms with E-state index in [0.717, 1.165) is 16.7 Å². The van der Waals surface area contributed by atoms with Gasteiger partial charge in [-0.2, -0.15) is 0 Å². The van der Waals surface area contributed by atoms with E-state index in [1.807, 2.05) is 54.6 Å². The Morgan fingerprint density at radius 3 is 2.57 bits per heavy atom. The molecule has 1 aliphatic heterocycles. The minimum atomic E-state index is -1.06. The van der Waals surface area contributed by atoms with E-state index >= 15 is 0 Å². The van der Waals surface area contributed by atoms with Crippen LogP contribution < -0.4 is 5.32 Å². The third-order valence-corrected chi connectivity index (χ3v) is 4.03. The molecule has 2 aromatic rings. The number of carbonyl (C=O) groups is 1. The molecule has 0 spiro atoms. The van der Waals surface area contributed by atoms with Crippen molar-refractivity contribution in [3.05, 3.63) is 60.2 Å². The topological polar surface area (TPSA) is 78.8 Å². The Hall–Kier alpha value is -2.21. The predicted octanol–water partition coefficient (Wildman–Crippen LogP) is 1.66. The van der Waals surface area contributed by atoms with E-state index in [-0.39, 0.29) is 0 Å². The Morgan fingerprint density at radius 1 is 1.13 bits per heavy atom. The van der Waals surface area contributed by atoms with Crippen LogP contribution in [0.15, 0.2) is 54.6 Å². The van der Waals surface area contributed by atoms with Gasteiger partial charge in [-0.25, -0.2) is 0 Å². The minimum absolute atomic E-state index is 0.330. The number of benzene rings is 2. The van der Waals surface area contributed by atoms with E-state index in [4.69, 9.17) is 9.84 Å². The molecule has 0 aromatic heterocycles. The molecule has 1 fully saturated rings. The highest BCUT2D eigenvalue weighted by Crippen LogP contribution is 2.21. The van der Waals surface area contributed by atoms with Gasteiger partial charge in [-0.3, -0.25) is 10.1 Å². The largest absolute Gasteiger partial charge is 0.480 e. The Bertz CT molecular complexity index is 674. The fraction of sp³-hybridized carbons (Fsp3) is 0.278. The molecule has 5 heteroatoms. The zero-order valence-electron chi connectivity index (χ0n) is 12.6. The summed E-state index contributed by atoms with van der Waals surface area (Å²) >= 11 is 0. The fourth-order valence-corrected chi connectivity index (χ4v) is 2.76. The molecule has 120 valence electrons. The first-order valence-corrected chi connectivity index (χ1v) is 7.55. The van der Waals surface area contributed by atoms with Crippen LogP contribution in [-0.4, -0.2) is 41.0 Å². The fourth-order valence-electron chi connectivity index (χ4n) is 2.76. The summed E-state index contributed by atoms with van der Waals surface area (Å²) in [5.41, 5.74) is 3.21. The predicted molar refractivity (Wildman–Crippen MR) is 85.9 cm³/mol. The maximum atomic E-state index is 11.0. The molecular weight excluding hydrogens is 294 g/mol. The van der Waals surface area contributed by atoms with Crippen molar-refractivity contribution in [2.45, 2.75) is 24.9 Å². The molecule has 1 heterocycles. The smallest absolute Gasteiger partial charge is 0.323 e. The van der Waals surface area contributed by atoms with Crippen LogP contribution in [-0.2, 0) is 16.1 Å². The van der Waals surface area contributed by atoms with Crippen LogP contribution in [0.1, 0.15) is 5.56 Å². The zero-order chi connectivity index (χ0) is 16.2. The average molecular weight is 313 g/mol. The SMILES string of the molecule is O=C(O)[C@H]1NCC(OCc2cccc(-c3ccccc3)c2)C1O. The van der Waals surface area contributed by atoms with E-state index in [1.165, 1.54) is 0 Å². The van der Waals surface area contributed by atoms with Gasteiger partial charge in [-0.15, -0.1) is 0 Å². The summed E-state index contributed by atoms with van der Waals surface area (Å²) in [6.07, 6.45) is -1.55. The highest BCUT2D eigenvalue weighted by atomic mass is 16.5. The number of hydrogen-bond acceptors (Lipinski definition) is 4. The summed E-state index contributed by atoms with van der Waals surface area (Å²) in [5, 5.41) is 21.7. The standard InChI is InChI=1S/C18H19NO4/c20-17-15(10-19-16(17)18(21)22)23-11-12-5-4-8-14(9-12)13-6-2-1-3-7-13/h1-9,15-17,19-20H,10-11H2,(H,21,22)/t15?,16-,17?/m0/s1. The Balaban J connectivity index is 1.64. The monoisotopic (exact) mass is 313 g/mol. The molecular formula is C18H19NO4. The Labute approximate surface area is 134 Å². The van der Waals surface area contributed by atoms with Gasteiger partial charge < -0.3 is 14.9 Å². The van der Waals surface area contributed by atoms with Gasteiger partial charge in [0.05, 0.1) is 12.7 Å². The molecule has 23 heavy (non-hydrogen) atoms. The number of hydrogen-bond donors (Lipinski definition) is 3. The van der Waals surface area contributed by atoms with E-state index in [1.54, 1.807) is 0 Å². The van der Waals surface area contributed by atoms with Crippen molar-refractivity contribution in [2.75, 3.05) is 6.54 Å². The lowest BCUT2D eigenvalue weighted by atomic mass is 10.0. The Kier molecular flexibility index (Phi) is 4.71. The molecule has 3 rings (SSSR count).